The lowest BCUT2D eigenvalue weighted by molar-refractivity contribution is -0.131. The molecule has 7 nitrogen and oxygen atoms in total. The van der Waals surface area contributed by atoms with Gasteiger partial charge in [-0.25, -0.2) is 13.1 Å². The Balaban J connectivity index is 0.00000288. The van der Waals surface area contributed by atoms with Gasteiger partial charge in [-0.3, -0.25) is 4.79 Å². The van der Waals surface area contributed by atoms with Crippen molar-refractivity contribution in [1.29, 1.82) is 0 Å². The highest BCUT2D eigenvalue weighted by Crippen LogP contribution is 2.28. The number of carbonyl (C=O) groups excluding carboxylic acids is 1. The summed E-state index contributed by atoms with van der Waals surface area (Å²) in [5.74, 6) is 0.604. The number of halogens is 1. The van der Waals surface area contributed by atoms with Crippen LogP contribution in [-0.4, -0.2) is 70.4 Å². The van der Waals surface area contributed by atoms with Gasteiger partial charge in [0.1, 0.15) is 0 Å². The second-order valence-electron chi connectivity index (χ2n) is 6.34. The maximum absolute atomic E-state index is 12.1. The van der Waals surface area contributed by atoms with Crippen LogP contribution in [0.2, 0.25) is 0 Å². The van der Waals surface area contributed by atoms with Gasteiger partial charge in [0.2, 0.25) is 15.9 Å². The number of nitrogens with one attached hydrogen (secondary N) is 2. The molecule has 1 saturated heterocycles. The zero-order valence-electron chi connectivity index (χ0n) is 14.3. The maximum Gasteiger partial charge on any atom is 0.237 e. The van der Waals surface area contributed by atoms with Gasteiger partial charge in [-0.2, -0.15) is 0 Å². The molecule has 2 aliphatic rings. The first-order valence-corrected chi connectivity index (χ1v) is 10.2. The molecule has 0 spiro atoms. The molecule has 0 bridgehead atoms. The smallest absolute Gasteiger partial charge is 0.237 e. The number of hydrogen-bond acceptors (Lipinski definition) is 5. The molecule has 2 N–H and O–H groups in total. The third kappa shape index (κ3) is 8.11. The number of likely N-dealkylation sites (tertiary alicyclic amines) is 1. The highest BCUT2D eigenvalue weighted by molar-refractivity contribution is 7.89. The standard InChI is InChI=1S/C15H29N3O4S.ClH/c1-2-22-9-10-23(20,21)17-12-15(19)18-7-5-14(6-8-18)16-11-13-3-4-13;/h13-14,16-17H,2-12H2,1H3;1H. The molecule has 2 fully saturated rings. The minimum Gasteiger partial charge on any atom is -0.381 e. The van der Waals surface area contributed by atoms with Crippen LogP contribution in [0.1, 0.15) is 32.6 Å². The highest BCUT2D eigenvalue weighted by atomic mass is 35.5. The van der Waals surface area contributed by atoms with E-state index in [0.717, 1.165) is 25.3 Å². The number of rotatable bonds is 10. The Kier molecular flexibility index (Phi) is 9.51. The minimum atomic E-state index is -3.44. The van der Waals surface area contributed by atoms with Crippen LogP contribution in [-0.2, 0) is 19.6 Å². The molecule has 9 heteroatoms. The van der Waals surface area contributed by atoms with Crippen LogP contribution in [0.15, 0.2) is 0 Å². The molecule has 0 radical (unpaired) electrons. The van der Waals surface area contributed by atoms with E-state index in [1.165, 1.54) is 12.8 Å². The second-order valence-corrected chi connectivity index (χ2v) is 8.27. The summed E-state index contributed by atoms with van der Waals surface area (Å²) in [6.07, 6.45) is 4.56. The highest BCUT2D eigenvalue weighted by Gasteiger charge is 2.26. The Morgan fingerprint density at radius 2 is 1.88 bits per heavy atom. The summed E-state index contributed by atoms with van der Waals surface area (Å²) < 4.78 is 30.8. The largest absolute Gasteiger partial charge is 0.381 e. The van der Waals surface area contributed by atoms with Gasteiger partial charge in [0.15, 0.2) is 0 Å². The van der Waals surface area contributed by atoms with Crippen molar-refractivity contribution < 1.29 is 17.9 Å². The number of ether oxygens (including phenoxy) is 1. The molecule has 0 aromatic rings. The summed E-state index contributed by atoms with van der Waals surface area (Å²) in [5.41, 5.74) is 0. The number of nitrogens with zero attached hydrogens (tertiary/aromatic N) is 1. The number of amides is 1. The Labute approximate surface area is 151 Å². The summed E-state index contributed by atoms with van der Waals surface area (Å²) in [7, 11) is -3.44. The first-order valence-electron chi connectivity index (χ1n) is 8.56. The molecule has 1 saturated carbocycles. The van der Waals surface area contributed by atoms with Gasteiger partial charge >= 0.3 is 0 Å². The van der Waals surface area contributed by atoms with Crippen LogP contribution in [0.5, 0.6) is 0 Å². The van der Waals surface area contributed by atoms with Crippen LogP contribution >= 0.6 is 12.4 Å². The van der Waals surface area contributed by atoms with Gasteiger partial charge in [0, 0.05) is 25.7 Å². The first-order chi connectivity index (χ1) is 11.0. The summed E-state index contributed by atoms with van der Waals surface area (Å²) in [6.45, 7) is 4.78. The molecule has 1 heterocycles. The average Bonchev–Trinajstić information content (AvgIpc) is 3.36. The zero-order chi connectivity index (χ0) is 16.7. The van der Waals surface area contributed by atoms with E-state index in [1.54, 1.807) is 4.90 Å². The predicted octanol–water partition coefficient (Wildman–Crippen LogP) is 0.355. The summed E-state index contributed by atoms with van der Waals surface area (Å²) >= 11 is 0. The van der Waals surface area contributed by atoms with Gasteiger partial charge < -0.3 is 15.0 Å². The van der Waals surface area contributed by atoms with Crippen molar-refractivity contribution in [2.75, 3.05) is 45.1 Å². The van der Waals surface area contributed by atoms with Crippen LogP contribution in [0.3, 0.4) is 0 Å². The van der Waals surface area contributed by atoms with Crippen molar-refractivity contribution in [3.63, 3.8) is 0 Å². The number of piperidine rings is 1. The van der Waals surface area contributed by atoms with E-state index in [2.05, 4.69) is 10.0 Å². The number of sulfonamides is 1. The van der Waals surface area contributed by atoms with Crippen LogP contribution in [0.4, 0.5) is 0 Å². The quantitative estimate of drug-likeness (QED) is 0.532. The Morgan fingerprint density at radius 3 is 2.46 bits per heavy atom. The molecule has 2 rings (SSSR count). The fourth-order valence-corrected chi connectivity index (χ4v) is 3.48. The van der Waals surface area contributed by atoms with Crippen molar-refractivity contribution >= 4 is 28.3 Å². The topological polar surface area (TPSA) is 87.7 Å². The van der Waals surface area contributed by atoms with E-state index in [4.69, 9.17) is 4.74 Å². The molecule has 142 valence electrons. The van der Waals surface area contributed by atoms with Crippen molar-refractivity contribution in [1.82, 2.24) is 14.9 Å². The Morgan fingerprint density at radius 1 is 1.21 bits per heavy atom. The van der Waals surface area contributed by atoms with Gasteiger partial charge in [-0.05, 0) is 45.1 Å². The maximum atomic E-state index is 12.1. The Bertz CT molecular complexity index is 477. The molecule has 0 aromatic heterocycles. The normalized spacial score (nSPS) is 19.1. The summed E-state index contributed by atoms with van der Waals surface area (Å²) in [4.78, 5) is 13.9. The summed E-state index contributed by atoms with van der Waals surface area (Å²) in [6, 6.07) is 0.488. The molecule has 1 aliphatic carbocycles. The SMILES string of the molecule is CCOCCS(=O)(=O)NCC(=O)N1CCC(NCC2CC2)CC1.Cl. The van der Waals surface area contributed by atoms with Crippen molar-refractivity contribution in [2.24, 2.45) is 5.92 Å². The van der Waals surface area contributed by atoms with Gasteiger partial charge in [-0.15, -0.1) is 12.4 Å². The third-order valence-electron chi connectivity index (χ3n) is 4.38. The van der Waals surface area contributed by atoms with E-state index in [9.17, 15) is 13.2 Å². The van der Waals surface area contributed by atoms with Gasteiger partial charge in [0.25, 0.3) is 0 Å². The van der Waals surface area contributed by atoms with Crippen molar-refractivity contribution in [3.05, 3.63) is 0 Å². The number of hydrogen-bond donors (Lipinski definition) is 2. The Hall–Kier alpha value is -0.410. The second kappa shape index (κ2) is 10.6. The van der Waals surface area contributed by atoms with Gasteiger partial charge in [-0.1, -0.05) is 0 Å². The van der Waals surface area contributed by atoms with Crippen LogP contribution in [0, 0.1) is 5.92 Å². The van der Waals surface area contributed by atoms with Crippen molar-refractivity contribution in [2.45, 2.75) is 38.6 Å². The lowest BCUT2D eigenvalue weighted by Gasteiger charge is -2.32. The first kappa shape index (κ1) is 21.6. The number of carbonyl (C=O) groups is 1. The van der Waals surface area contributed by atoms with E-state index < -0.39 is 10.0 Å². The fraction of sp³-hybridized carbons (Fsp3) is 0.933. The predicted molar refractivity (Wildman–Crippen MR) is 95.9 cm³/mol. The molecular weight excluding hydrogens is 354 g/mol. The summed E-state index contributed by atoms with van der Waals surface area (Å²) in [5, 5.41) is 3.56. The van der Waals surface area contributed by atoms with E-state index in [1.807, 2.05) is 6.92 Å². The third-order valence-corrected chi connectivity index (χ3v) is 5.67. The zero-order valence-corrected chi connectivity index (χ0v) is 16.0. The molecule has 1 amide bonds. The van der Waals surface area contributed by atoms with Gasteiger partial charge in [0.05, 0.1) is 18.9 Å². The van der Waals surface area contributed by atoms with E-state index in [0.29, 0.717) is 25.7 Å². The fourth-order valence-electron chi connectivity index (χ4n) is 2.66. The van der Waals surface area contributed by atoms with E-state index in [-0.39, 0.29) is 37.2 Å². The van der Waals surface area contributed by atoms with Crippen molar-refractivity contribution in [3.8, 4) is 0 Å². The monoisotopic (exact) mass is 383 g/mol. The minimum absolute atomic E-state index is 0. The molecule has 0 aromatic carbocycles. The van der Waals surface area contributed by atoms with E-state index >= 15 is 0 Å². The average molecular weight is 384 g/mol. The molecule has 0 atom stereocenters. The molecule has 1 aliphatic heterocycles. The lowest BCUT2D eigenvalue weighted by Crippen LogP contribution is -2.48. The van der Waals surface area contributed by atoms with Crippen LogP contribution < -0.4 is 10.0 Å². The molecule has 0 unspecified atom stereocenters. The van der Waals surface area contributed by atoms with Crippen LogP contribution in [0.25, 0.3) is 0 Å². The lowest BCUT2D eigenvalue weighted by atomic mass is 10.0. The molecule has 24 heavy (non-hydrogen) atoms. The molecular formula is C15H30ClN3O4S.